The van der Waals surface area contributed by atoms with E-state index >= 15 is 0 Å². The van der Waals surface area contributed by atoms with E-state index in [2.05, 4.69) is 20.7 Å². The number of anilines is 1. The van der Waals surface area contributed by atoms with Crippen LogP contribution in [0.25, 0.3) is 0 Å². The third kappa shape index (κ3) is 8.97. The van der Waals surface area contributed by atoms with Gasteiger partial charge in [-0.05, 0) is 56.9 Å². The van der Waals surface area contributed by atoms with E-state index in [9.17, 15) is 32.9 Å². The molecule has 0 spiro atoms. The molecule has 15 nitrogen and oxygen atoms in total. The highest BCUT2D eigenvalue weighted by Gasteiger charge is 2.36. The van der Waals surface area contributed by atoms with Crippen LogP contribution in [-0.4, -0.2) is 73.6 Å². The van der Waals surface area contributed by atoms with Gasteiger partial charge in [0, 0.05) is 30.9 Å². The quantitative estimate of drug-likeness (QED) is 0.0617. The van der Waals surface area contributed by atoms with Gasteiger partial charge in [0.25, 0.3) is 5.69 Å². The number of likely N-dealkylation sites (tertiary alicyclic amines) is 1. The van der Waals surface area contributed by atoms with Gasteiger partial charge in [0.1, 0.15) is 12.1 Å². The van der Waals surface area contributed by atoms with Crippen molar-refractivity contribution < 1.29 is 27.7 Å². The van der Waals surface area contributed by atoms with E-state index in [1.54, 1.807) is 12.1 Å². The highest BCUT2D eigenvalue weighted by atomic mass is 32.2. The van der Waals surface area contributed by atoms with Crippen molar-refractivity contribution in [2.75, 3.05) is 25.0 Å². The van der Waals surface area contributed by atoms with Crippen molar-refractivity contribution in [1.29, 1.82) is 5.41 Å². The van der Waals surface area contributed by atoms with Gasteiger partial charge in [-0.3, -0.25) is 29.9 Å². The Bertz CT molecular complexity index is 1420. The van der Waals surface area contributed by atoms with Gasteiger partial charge in [-0.1, -0.05) is 17.7 Å². The number of nitrogens with zero attached hydrogens (tertiary/aromatic N) is 2. The van der Waals surface area contributed by atoms with Crippen LogP contribution >= 0.6 is 0 Å². The summed E-state index contributed by atoms with van der Waals surface area (Å²) in [5.74, 6) is -1.99. The molecule has 1 aliphatic rings. The van der Waals surface area contributed by atoms with Crippen LogP contribution in [0.2, 0.25) is 0 Å². The first kappa shape index (κ1) is 32.0. The van der Waals surface area contributed by atoms with Gasteiger partial charge in [-0.25, -0.2) is 13.1 Å². The molecule has 3 rings (SSSR count). The summed E-state index contributed by atoms with van der Waals surface area (Å²) in [6.45, 7) is 1.78. The molecular formula is C26H34N8O7S. The van der Waals surface area contributed by atoms with Crippen molar-refractivity contribution in [1.82, 2.24) is 20.3 Å². The number of non-ortho nitro benzene ring substituents is 1. The second kappa shape index (κ2) is 14.4. The number of nitrogens with one attached hydrogen (secondary N) is 5. The van der Waals surface area contributed by atoms with Crippen LogP contribution in [0, 0.1) is 22.4 Å². The lowest BCUT2D eigenvalue weighted by Crippen LogP contribution is -2.53. The van der Waals surface area contributed by atoms with Gasteiger partial charge in [0.15, 0.2) is 5.96 Å². The number of nitro groups is 1. The SMILES string of the molecule is Cc1ccc(S(=O)(=O)NCC(=O)N2CCC[C@H]2C(=O)N[C@@H](CCCNC(=N)N)C(=O)Nc2ccc([N+](=O)[O-])cc2)cc1. The van der Waals surface area contributed by atoms with Crippen LogP contribution in [0.4, 0.5) is 11.4 Å². The van der Waals surface area contributed by atoms with Crippen LogP contribution in [0.5, 0.6) is 0 Å². The molecule has 226 valence electrons. The summed E-state index contributed by atoms with van der Waals surface area (Å²) >= 11 is 0. The fourth-order valence-corrected chi connectivity index (χ4v) is 5.33. The lowest BCUT2D eigenvalue weighted by atomic mass is 10.1. The predicted octanol–water partition coefficient (Wildman–Crippen LogP) is 0.559. The third-order valence-corrected chi connectivity index (χ3v) is 8.00. The van der Waals surface area contributed by atoms with Crippen LogP contribution in [-0.2, 0) is 24.4 Å². The normalized spacial score (nSPS) is 15.5. The van der Waals surface area contributed by atoms with Crippen LogP contribution in [0.1, 0.15) is 31.2 Å². The summed E-state index contributed by atoms with van der Waals surface area (Å²) in [6.07, 6.45) is 1.34. The van der Waals surface area contributed by atoms with Gasteiger partial charge in [-0.2, -0.15) is 0 Å². The Kier molecular flexibility index (Phi) is 10.9. The Morgan fingerprint density at radius 2 is 1.81 bits per heavy atom. The monoisotopic (exact) mass is 602 g/mol. The van der Waals surface area contributed by atoms with Crippen LogP contribution in [0.15, 0.2) is 53.4 Å². The molecule has 2 aromatic carbocycles. The minimum absolute atomic E-state index is 0.0118. The smallest absolute Gasteiger partial charge is 0.269 e. The third-order valence-electron chi connectivity index (χ3n) is 6.58. The van der Waals surface area contributed by atoms with Gasteiger partial charge >= 0.3 is 0 Å². The van der Waals surface area contributed by atoms with E-state index in [0.717, 1.165) is 5.56 Å². The average molecular weight is 603 g/mol. The molecule has 2 aromatic rings. The van der Waals surface area contributed by atoms with Gasteiger partial charge < -0.3 is 26.6 Å². The molecule has 3 amide bonds. The number of guanidine groups is 1. The zero-order valence-corrected chi connectivity index (χ0v) is 23.8. The van der Waals surface area contributed by atoms with Crippen molar-refractivity contribution in [2.24, 2.45) is 5.73 Å². The lowest BCUT2D eigenvalue weighted by molar-refractivity contribution is -0.384. The number of carbonyl (C=O) groups is 3. The number of nitrogens with two attached hydrogens (primary N) is 1. The molecule has 42 heavy (non-hydrogen) atoms. The van der Waals surface area contributed by atoms with Crippen molar-refractivity contribution in [3.8, 4) is 0 Å². The fourth-order valence-electron chi connectivity index (χ4n) is 4.36. The van der Waals surface area contributed by atoms with Crippen LogP contribution < -0.4 is 26.4 Å². The van der Waals surface area contributed by atoms with Crippen molar-refractivity contribution >= 4 is 45.1 Å². The maximum absolute atomic E-state index is 13.3. The van der Waals surface area contributed by atoms with Crippen molar-refractivity contribution in [3.63, 3.8) is 0 Å². The number of amides is 3. The zero-order valence-electron chi connectivity index (χ0n) is 23.0. The summed E-state index contributed by atoms with van der Waals surface area (Å²) in [7, 11) is -3.94. The molecule has 2 atom stereocenters. The molecule has 1 aliphatic heterocycles. The number of sulfonamides is 1. The molecule has 1 heterocycles. The number of benzene rings is 2. The zero-order chi connectivity index (χ0) is 30.9. The minimum atomic E-state index is -3.94. The number of rotatable bonds is 13. The Morgan fingerprint density at radius 3 is 2.43 bits per heavy atom. The summed E-state index contributed by atoms with van der Waals surface area (Å²) < 4.78 is 27.5. The van der Waals surface area contributed by atoms with Gasteiger partial charge in [0.2, 0.25) is 27.7 Å². The Morgan fingerprint density at radius 1 is 1.14 bits per heavy atom. The molecule has 0 aliphatic carbocycles. The summed E-state index contributed by atoms with van der Waals surface area (Å²) in [5, 5.41) is 26.1. The molecule has 0 bridgehead atoms. The number of hydrogen-bond donors (Lipinski definition) is 6. The fraction of sp³-hybridized carbons (Fsp3) is 0.385. The molecule has 0 radical (unpaired) electrons. The highest BCUT2D eigenvalue weighted by molar-refractivity contribution is 7.89. The molecule has 1 fully saturated rings. The van der Waals surface area contributed by atoms with E-state index < -0.39 is 51.3 Å². The Labute approximate surface area is 242 Å². The number of aryl methyl sites for hydroxylation is 1. The van der Waals surface area contributed by atoms with Gasteiger partial charge in [-0.15, -0.1) is 0 Å². The van der Waals surface area contributed by atoms with E-state index in [4.69, 9.17) is 11.1 Å². The van der Waals surface area contributed by atoms with Crippen molar-refractivity contribution in [2.45, 2.75) is 49.6 Å². The number of carbonyl (C=O) groups excluding carboxylic acids is 3. The summed E-state index contributed by atoms with van der Waals surface area (Å²) in [4.78, 5) is 51.0. The number of nitro benzene ring substituents is 1. The molecule has 0 aromatic heterocycles. The van der Waals surface area contributed by atoms with Gasteiger partial charge in [0.05, 0.1) is 16.4 Å². The van der Waals surface area contributed by atoms with E-state index in [0.29, 0.717) is 19.3 Å². The predicted molar refractivity (Wildman–Crippen MR) is 154 cm³/mol. The van der Waals surface area contributed by atoms with E-state index in [1.807, 2.05) is 6.92 Å². The first-order valence-corrected chi connectivity index (χ1v) is 14.6. The molecular weight excluding hydrogens is 568 g/mol. The summed E-state index contributed by atoms with van der Waals surface area (Å²) in [5.41, 5.74) is 6.31. The first-order chi connectivity index (χ1) is 19.9. The Hall–Kier alpha value is -4.57. The maximum atomic E-state index is 13.3. The Balaban J connectivity index is 1.65. The maximum Gasteiger partial charge on any atom is 0.269 e. The average Bonchev–Trinajstić information content (AvgIpc) is 3.44. The largest absolute Gasteiger partial charge is 0.370 e. The second-order valence-electron chi connectivity index (χ2n) is 9.72. The molecule has 1 saturated heterocycles. The summed E-state index contributed by atoms with van der Waals surface area (Å²) in [6, 6.07) is 9.38. The standard InChI is InChI=1S/C26H34N8O7S/c1-17-6-12-20(13-7-17)42(40,41)30-16-23(35)33-15-3-5-22(33)25(37)32-21(4-2-14-29-26(27)28)24(36)31-18-8-10-19(11-9-18)34(38)39/h6-13,21-22,30H,2-5,14-16H2,1H3,(H,31,36)(H,32,37)(H4,27,28,29)/t21-,22-/m0/s1. The molecule has 7 N–H and O–H groups in total. The minimum Gasteiger partial charge on any atom is -0.370 e. The lowest BCUT2D eigenvalue weighted by Gasteiger charge is -2.26. The van der Waals surface area contributed by atoms with Crippen molar-refractivity contribution in [3.05, 3.63) is 64.2 Å². The highest BCUT2D eigenvalue weighted by Crippen LogP contribution is 2.19. The molecule has 0 saturated carbocycles. The molecule has 0 unspecified atom stereocenters. The topological polar surface area (TPSA) is 230 Å². The first-order valence-electron chi connectivity index (χ1n) is 13.2. The van der Waals surface area contributed by atoms with E-state index in [-0.39, 0.29) is 41.7 Å². The number of hydrogen-bond acceptors (Lipinski definition) is 8. The second-order valence-corrected chi connectivity index (χ2v) is 11.5. The van der Waals surface area contributed by atoms with E-state index in [1.165, 1.54) is 41.3 Å². The molecule has 16 heteroatoms. The van der Waals surface area contributed by atoms with Crippen LogP contribution in [0.3, 0.4) is 0 Å².